The van der Waals surface area contributed by atoms with Crippen LogP contribution in [0.4, 0.5) is 0 Å². The van der Waals surface area contributed by atoms with E-state index in [2.05, 4.69) is 21.9 Å². The van der Waals surface area contributed by atoms with Crippen molar-refractivity contribution in [3.05, 3.63) is 58.8 Å². The van der Waals surface area contributed by atoms with Crippen LogP contribution in [0.25, 0.3) is 0 Å². The van der Waals surface area contributed by atoms with E-state index in [0.717, 1.165) is 22.2 Å². The normalized spacial score (nSPS) is 17.1. The van der Waals surface area contributed by atoms with Gasteiger partial charge in [0.15, 0.2) is 0 Å². The molecule has 0 spiro atoms. The first-order valence-electron chi connectivity index (χ1n) is 6.13. The van der Waals surface area contributed by atoms with E-state index in [9.17, 15) is 0 Å². The summed E-state index contributed by atoms with van der Waals surface area (Å²) in [5, 5.41) is 4.68. The lowest BCUT2D eigenvalue weighted by molar-refractivity contribution is 1.01. The molecule has 0 aliphatic carbocycles. The first kappa shape index (κ1) is 16.5. The highest BCUT2D eigenvalue weighted by Gasteiger charge is 2.09. The van der Waals surface area contributed by atoms with Gasteiger partial charge < -0.3 is 5.32 Å². The molecule has 0 atom stereocenters. The molecule has 3 nitrogen and oxygen atoms in total. The summed E-state index contributed by atoms with van der Waals surface area (Å²) in [6.07, 6.45) is 12.8. The van der Waals surface area contributed by atoms with Crippen LogP contribution in [0, 0.1) is 0 Å². The largest absolute Gasteiger partial charge is 0.371 e. The highest BCUT2D eigenvalue weighted by atomic mass is 35.5. The fourth-order valence-corrected chi connectivity index (χ4v) is 2.21. The molecule has 0 aromatic heterocycles. The Kier molecular flexibility index (Phi) is 7.77. The number of allylic oxidation sites excluding steroid dienone is 6. The Balaban J connectivity index is 2.83. The van der Waals surface area contributed by atoms with Gasteiger partial charge in [0.25, 0.3) is 0 Å². The number of rotatable bonds is 5. The Hall–Kier alpha value is -1.52. The molecule has 1 N–H and O–H groups in total. The maximum absolute atomic E-state index is 5.76. The second-order valence-electron chi connectivity index (χ2n) is 3.89. The lowest BCUT2D eigenvalue weighted by Gasteiger charge is -2.13. The van der Waals surface area contributed by atoms with E-state index in [1.54, 1.807) is 37.3 Å². The van der Waals surface area contributed by atoms with Crippen molar-refractivity contribution in [1.29, 1.82) is 0 Å². The van der Waals surface area contributed by atoms with E-state index >= 15 is 0 Å². The van der Waals surface area contributed by atoms with Crippen LogP contribution >= 0.6 is 23.4 Å². The van der Waals surface area contributed by atoms with Crippen molar-refractivity contribution in [3.63, 3.8) is 0 Å². The van der Waals surface area contributed by atoms with Crippen LogP contribution in [0.3, 0.4) is 0 Å². The molecule has 20 heavy (non-hydrogen) atoms. The zero-order chi connectivity index (χ0) is 14.8. The van der Waals surface area contributed by atoms with Crippen molar-refractivity contribution in [2.24, 2.45) is 9.98 Å². The molecule has 0 fully saturated rings. The topological polar surface area (TPSA) is 36.8 Å². The molecule has 1 rings (SSSR count). The van der Waals surface area contributed by atoms with Gasteiger partial charge in [0.1, 0.15) is 0 Å². The lowest BCUT2D eigenvalue weighted by Crippen LogP contribution is -2.19. The van der Waals surface area contributed by atoms with Crippen molar-refractivity contribution >= 4 is 34.7 Å². The molecule has 0 radical (unpaired) electrons. The number of thioether (sulfide) groups is 1. The van der Waals surface area contributed by atoms with E-state index in [0.29, 0.717) is 5.03 Å². The average Bonchev–Trinajstić information content (AvgIpc) is 2.43. The lowest BCUT2D eigenvalue weighted by atomic mass is 10.3. The van der Waals surface area contributed by atoms with Crippen LogP contribution in [0.15, 0.2) is 68.8 Å². The molecule has 0 aromatic carbocycles. The quantitative estimate of drug-likeness (QED) is 0.465. The number of halogens is 1. The van der Waals surface area contributed by atoms with Gasteiger partial charge in [0.2, 0.25) is 0 Å². The number of hydrogen-bond donors (Lipinski definition) is 1. The Labute approximate surface area is 129 Å². The van der Waals surface area contributed by atoms with Crippen molar-refractivity contribution in [1.82, 2.24) is 5.32 Å². The summed E-state index contributed by atoms with van der Waals surface area (Å²) in [6.45, 7) is 8.12. The predicted molar refractivity (Wildman–Crippen MR) is 92.3 cm³/mol. The van der Waals surface area contributed by atoms with E-state index in [1.165, 1.54) is 0 Å². The molecule has 0 saturated carbocycles. The summed E-state index contributed by atoms with van der Waals surface area (Å²) in [7, 11) is 0. The molecular weight excluding hydrogens is 290 g/mol. The Morgan fingerprint density at radius 2 is 2.25 bits per heavy atom. The molecule has 5 heteroatoms. The van der Waals surface area contributed by atoms with Gasteiger partial charge in [-0.25, -0.2) is 4.99 Å². The minimum Gasteiger partial charge on any atom is -0.371 e. The Morgan fingerprint density at radius 1 is 1.45 bits per heavy atom. The highest BCUT2D eigenvalue weighted by molar-refractivity contribution is 8.17. The number of hydrogen-bond acceptors (Lipinski definition) is 4. The molecular formula is C15H18ClN3S. The third-order valence-corrected chi connectivity index (χ3v) is 3.25. The summed E-state index contributed by atoms with van der Waals surface area (Å²) in [6, 6.07) is 0. The van der Waals surface area contributed by atoms with Gasteiger partial charge in [-0.05, 0) is 19.9 Å². The van der Waals surface area contributed by atoms with Crippen LogP contribution in [0.1, 0.15) is 13.8 Å². The van der Waals surface area contributed by atoms with Gasteiger partial charge in [0, 0.05) is 22.7 Å². The van der Waals surface area contributed by atoms with E-state index in [-0.39, 0.29) is 0 Å². The second kappa shape index (κ2) is 9.39. The summed E-state index contributed by atoms with van der Waals surface area (Å²) in [4.78, 5) is 9.74. The Morgan fingerprint density at radius 3 is 2.95 bits per heavy atom. The van der Waals surface area contributed by atoms with E-state index in [1.807, 2.05) is 31.2 Å². The van der Waals surface area contributed by atoms with Crippen molar-refractivity contribution < 1.29 is 0 Å². The number of aliphatic imine (C=N–C) groups is 2. The standard InChI is InChI=1S/C15H18ClN3S/c1-4-5-6-7-8-14-15(10-17-11-19-14)20-13(3)18-9-12(2)16/h4-9,11H,1,10H2,2-3H3,(H,17,19)/b6-5-,8-7+,12-9+,18-13+. The SMILES string of the molecule is C=C/C=C\C=C\C1=C(S/C(C)=N/C=C(\C)Cl)CNC=N1. The van der Waals surface area contributed by atoms with Gasteiger partial charge in [-0.15, -0.1) is 0 Å². The van der Waals surface area contributed by atoms with Gasteiger partial charge in [0.05, 0.1) is 17.1 Å². The van der Waals surface area contributed by atoms with Crippen LogP contribution in [0.2, 0.25) is 0 Å². The average molecular weight is 308 g/mol. The first-order chi connectivity index (χ1) is 9.63. The smallest absolute Gasteiger partial charge is 0.0889 e. The molecule has 0 bridgehead atoms. The third-order valence-electron chi connectivity index (χ3n) is 2.15. The molecule has 0 unspecified atom stereocenters. The second-order valence-corrected chi connectivity index (χ2v) is 5.78. The summed E-state index contributed by atoms with van der Waals surface area (Å²) in [5.74, 6) is 0. The minimum atomic E-state index is 0.661. The van der Waals surface area contributed by atoms with Gasteiger partial charge in [-0.2, -0.15) is 0 Å². The molecule has 0 aromatic rings. The molecule has 1 aliphatic heterocycles. The zero-order valence-electron chi connectivity index (χ0n) is 11.6. The summed E-state index contributed by atoms with van der Waals surface area (Å²) >= 11 is 7.35. The molecule has 1 heterocycles. The number of nitrogens with one attached hydrogen (secondary N) is 1. The van der Waals surface area contributed by atoms with Crippen molar-refractivity contribution in [2.45, 2.75) is 13.8 Å². The number of nitrogens with zero attached hydrogens (tertiary/aromatic N) is 2. The van der Waals surface area contributed by atoms with E-state index < -0.39 is 0 Å². The van der Waals surface area contributed by atoms with Gasteiger partial charge in [-0.3, -0.25) is 4.99 Å². The molecule has 0 saturated heterocycles. The van der Waals surface area contributed by atoms with Crippen molar-refractivity contribution in [2.75, 3.05) is 6.54 Å². The third kappa shape index (κ3) is 6.59. The van der Waals surface area contributed by atoms with Crippen LogP contribution in [-0.2, 0) is 0 Å². The first-order valence-corrected chi connectivity index (χ1v) is 7.32. The van der Waals surface area contributed by atoms with Crippen LogP contribution in [0.5, 0.6) is 0 Å². The predicted octanol–water partition coefficient (Wildman–Crippen LogP) is 4.38. The van der Waals surface area contributed by atoms with Crippen molar-refractivity contribution in [3.8, 4) is 0 Å². The van der Waals surface area contributed by atoms with Gasteiger partial charge >= 0.3 is 0 Å². The van der Waals surface area contributed by atoms with Crippen LogP contribution in [-0.4, -0.2) is 17.9 Å². The fraction of sp³-hybridized carbons (Fsp3) is 0.200. The van der Waals surface area contributed by atoms with E-state index in [4.69, 9.17) is 11.6 Å². The maximum Gasteiger partial charge on any atom is 0.0889 e. The maximum atomic E-state index is 5.76. The summed E-state index contributed by atoms with van der Waals surface area (Å²) < 4.78 is 0. The molecule has 1 aliphatic rings. The monoisotopic (exact) mass is 307 g/mol. The minimum absolute atomic E-state index is 0.661. The molecule has 106 valence electrons. The highest BCUT2D eigenvalue weighted by Crippen LogP contribution is 2.24. The summed E-state index contributed by atoms with van der Waals surface area (Å²) in [5.41, 5.74) is 0.934. The van der Waals surface area contributed by atoms with Gasteiger partial charge in [-0.1, -0.05) is 54.2 Å². The molecule has 0 amide bonds. The zero-order valence-corrected chi connectivity index (χ0v) is 13.2. The fourth-order valence-electron chi connectivity index (χ4n) is 1.31. The Bertz CT molecular complexity index is 521. The van der Waals surface area contributed by atoms with Crippen LogP contribution < -0.4 is 5.32 Å².